The molecule has 162 valence electrons. The number of esters is 2. The van der Waals surface area contributed by atoms with Crippen LogP contribution in [-0.2, 0) is 9.47 Å². The lowest BCUT2D eigenvalue weighted by atomic mass is 10.00. The summed E-state index contributed by atoms with van der Waals surface area (Å²) in [6.07, 6.45) is 1.65. The summed E-state index contributed by atoms with van der Waals surface area (Å²) in [5.74, 6) is -0.106. The molecule has 3 aromatic rings. The average Bonchev–Trinajstić information content (AvgIpc) is 3.22. The summed E-state index contributed by atoms with van der Waals surface area (Å²) in [4.78, 5) is 25.6. The molecule has 0 aliphatic carbocycles. The minimum absolute atomic E-state index is 0.0236. The predicted octanol–water partition coefficient (Wildman–Crippen LogP) is 3.74. The number of carbonyl (C=O) groups excluding carboxylic acids is 2. The van der Waals surface area contributed by atoms with E-state index in [2.05, 4.69) is 0 Å². The monoisotopic (exact) mass is 425 g/mol. The molecule has 8 heteroatoms. The Labute approximate surface area is 179 Å². The van der Waals surface area contributed by atoms with Crippen LogP contribution >= 0.6 is 0 Å². The highest BCUT2D eigenvalue weighted by atomic mass is 16.5. The molecule has 0 atom stereocenters. The zero-order valence-corrected chi connectivity index (χ0v) is 17.9. The Kier molecular flexibility index (Phi) is 6.49. The Morgan fingerprint density at radius 1 is 0.774 bits per heavy atom. The van der Waals surface area contributed by atoms with E-state index in [1.807, 2.05) is 18.2 Å². The van der Waals surface area contributed by atoms with Crippen LogP contribution in [0.25, 0.3) is 16.8 Å². The van der Waals surface area contributed by atoms with Crippen molar-refractivity contribution >= 4 is 11.9 Å². The van der Waals surface area contributed by atoms with Gasteiger partial charge in [-0.15, -0.1) is 0 Å². The quantitative estimate of drug-likeness (QED) is 0.533. The van der Waals surface area contributed by atoms with Gasteiger partial charge in [-0.05, 0) is 12.1 Å². The molecule has 1 heterocycles. The summed E-state index contributed by atoms with van der Waals surface area (Å²) < 4.78 is 28.0. The third-order valence-electron chi connectivity index (χ3n) is 4.79. The van der Waals surface area contributed by atoms with Crippen molar-refractivity contribution in [1.29, 1.82) is 0 Å². The second kappa shape index (κ2) is 9.25. The first-order valence-electron chi connectivity index (χ1n) is 9.28. The summed E-state index contributed by atoms with van der Waals surface area (Å²) in [6.45, 7) is 0. The number of hydrogen-bond acceptors (Lipinski definition) is 7. The molecule has 0 aliphatic rings. The lowest BCUT2D eigenvalue weighted by molar-refractivity contribution is 0.0550. The highest BCUT2D eigenvalue weighted by Gasteiger charge is 2.32. The fourth-order valence-corrected chi connectivity index (χ4v) is 3.36. The van der Waals surface area contributed by atoms with Crippen molar-refractivity contribution < 1.29 is 33.3 Å². The van der Waals surface area contributed by atoms with Gasteiger partial charge in [0.2, 0.25) is 0 Å². The molecular formula is C23H23NO7. The summed E-state index contributed by atoms with van der Waals surface area (Å²) in [5.41, 5.74) is 1.56. The molecule has 0 saturated carbocycles. The van der Waals surface area contributed by atoms with E-state index in [1.165, 1.54) is 35.5 Å². The van der Waals surface area contributed by atoms with E-state index in [9.17, 15) is 9.59 Å². The fourth-order valence-electron chi connectivity index (χ4n) is 3.36. The second-order valence-corrected chi connectivity index (χ2v) is 6.36. The average molecular weight is 425 g/mol. The van der Waals surface area contributed by atoms with Crippen LogP contribution in [0.5, 0.6) is 17.2 Å². The van der Waals surface area contributed by atoms with Gasteiger partial charge >= 0.3 is 11.9 Å². The topological polar surface area (TPSA) is 85.2 Å². The molecule has 0 saturated heterocycles. The van der Waals surface area contributed by atoms with Gasteiger partial charge in [0.05, 0.1) is 41.1 Å². The Bertz CT molecular complexity index is 1080. The van der Waals surface area contributed by atoms with Crippen molar-refractivity contribution in [2.24, 2.45) is 0 Å². The van der Waals surface area contributed by atoms with Crippen LogP contribution in [0, 0.1) is 0 Å². The standard InChI is InChI=1S/C23H23NO7/c1-27-15-11-17(28-2)19(18(12-15)29-3)16-13-24(14-9-7-6-8-10-14)21(23(26)31-5)20(16)22(25)30-4/h6-13H,1-5H3. The van der Waals surface area contributed by atoms with Crippen LogP contribution in [-0.4, -0.2) is 52.1 Å². The third kappa shape index (κ3) is 3.92. The minimum Gasteiger partial charge on any atom is -0.496 e. The first kappa shape index (κ1) is 21.8. The maximum Gasteiger partial charge on any atom is 0.355 e. The molecule has 0 aliphatic heterocycles. The molecule has 0 bridgehead atoms. The number of para-hydroxylation sites is 1. The number of benzene rings is 2. The van der Waals surface area contributed by atoms with E-state index in [0.29, 0.717) is 34.1 Å². The molecule has 31 heavy (non-hydrogen) atoms. The van der Waals surface area contributed by atoms with Crippen LogP contribution in [0.15, 0.2) is 48.7 Å². The molecule has 0 amide bonds. The summed E-state index contributed by atoms with van der Waals surface area (Å²) in [6, 6.07) is 12.4. The summed E-state index contributed by atoms with van der Waals surface area (Å²) in [5, 5.41) is 0. The maximum atomic E-state index is 12.9. The van der Waals surface area contributed by atoms with E-state index in [0.717, 1.165) is 0 Å². The second-order valence-electron chi connectivity index (χ2n) is 6.36. The number of aromatic nitrogens is 1. The highest BCUT2D eigenvalue weighted by molar-refractivity contribution is 6.09. The normalized spacial score (nSPS) is 10.4. The molecule has 3 rings (SSSR count). The molecule has 0 fully saturated rings. The number of methoxy groups -OCH3 is 5. The molecule has 0 spiro atoms. The van der Waals surface area contributed by atoms with Gasteiger partial charge in [0.25, 0.3) is 0 Å². The van der Waals surface area contributed by atoms with Crippen molar-refractivity contribution in [1.82, 2.24) is 4.57 Å². The lowest BCUT2D eigenvalue weighted by Crippen LogP contribution is -2.15. The van der Waals surface area contributed by atoms with Crippen molar-refractivity contribution in [2.45, 2.75) is 0 Å². The van der Waals surface area contributed by atoms with Gasteiger partial charge in [-0.1, -0.05) is 18.2 Å². The lowest BCUT2D eigenvalue weighted by Gasteiger charge is -2.15. The van der Waals surface area contributed by atoms with Crippen molar-refractivity contribution in [3.8, 4) is 34.1 Å². The van der Waals surface area contributed by atoms with Gasteiger partial charge < -0.3 is 28.3 Å². The number of ether oxygens (including phenoxy) is 5. The van der Waals surface area contributed by atoms with E-state index >= 15 is 0 Å². The zero-order chi connectivity index (χ0) is 22.5. The van der Waals surface area contributed by atoms with E-state index < -0.39 is 11.9 Å². The first-order valence-corrected chi connectivity index (χ1v) is 9.28. The number of rotatable bonds is 7. The Balaban J connectivity index is 2.45. The van der Waals surface area contributed by atoms with Crippen molar-refractivity contribution in [3.05, 3.63) is 59.9 Å². The van der Waals surface area contributed by atoms with E-state index in [1.54, 1.807) is 35.0 Å². The predicted molar refractivity (Wildman–Crippen MR) is 114 cm³/mol. The van der Waals surface area contributed by atoms with Gasteiger partial charge in [0.1, 0.15) is 28.5 Å². The van der Waals surface area contributed by atoms with Gasteiger partial charge in [0.15, 0.2) is 0 Å². The SMILES string of the molecule is COC(=O)c1c(-c2c(OC)cc(OC)cc2OC)cn(-c2ccccc2)c1C(=O)OC. The Morgan fingerprint density at radius 2 is 1.35 bits per heavy atom. The van der Waals surface area contributed by atoms with Crippen LogP contribution in [0.3, 0.4) is 0 Å². The fraction of sp³-hybridized carbons (Fsp3) is 0.217. The largest absolute Gasteiger partial charge is 0.496 e. The molecule has 0 unspecified atom stereocenters. The number of carbonyl (C=O) groups is 2. The van der Waals surface area contributed by atoms with Crippen LogP contribution in [0.2, 0.25) is 0 Å². The van der Waals surface area contributed by atoms with Crippen LogP contribution in [0.4, 0.5) is 0 Å². The van der Waals surface area contributed by atoms with E-state index in [4.69, 9.17) is 23.7 Å². The van der Waals surface area contributed by atoms with Crippen LogP contribution < -0.4 is 14.2 Å². The zero-order valence-electron chi connectivity index (χ0n) is 17.9. The summed E-state index contributed by atoms with van der Waals surface area (Å²) in [7, 11) is 7.00. The molecule has 1 aromatic heterocycles. The Morgan fingerprint density at radius 3 is 1.84 bits per heavy atom. The molecule has 2 aromatic carbocycles. The number of nitrogens with zero attached hydrogens (tertiary/aromatic N) is 1. The van der Waals surface area contributed by atoms with Gasteiger partial charge in [-0.3, -0.25) is 0 Å². The Hall–Kier alpha value is -3.94. The molecule has 0 radical (unpaired) electrons. The first-order chi connectivity index (χ1) is 15.0. The van der Waals surface area contributed by atoms with Crippen molar-refractivity contribution in [3.63, 3.8) is 0 Å². The van der Waals surface area contributed by atoms with Crippen molar-refractivity contribution in [2.75, 3.05) is 35.5 Å². The van der Waals surface area contributed by atoms with Crippen LogP contribution in [0.1, 0.15) is 20.8 Å². The van der Waals surface area contributed by atoms with Gasteiger partial charge in [-0.25, -0.2) is 9.59 Å². The highest BCUT2D eigenvalue weighted by Crippen LogP contribution is 2.45. The van der Waals surface area contributed by atoms with Gasteiger partial charge in [0, 0.05) is 29.6 Å². The smallest absolute Gasteiger partial charge is 0.355 e. The number of hydrogen-bond donors (Lipinski definition) is 0. The summed E-state index contributed by atoms with van der Waals surface area (Å²) >= 11 is 0. The van der Waals surface area contributed by atoms with Gasteiger partial charge in [-0.2, -0.15) is 0 Å². The third-order valence-corrected chi connectivity index (χ3v) is 4.79. The molecule has 0 N–H and O–H groups in total. The minimum atomic E-state index is -0.704. The molecular weight excluding hydrogens is 402 g/mol. The molecule has 8 nitrogen and oxygen atoms in total. The van der Waals surface area contributed by atoms with E-state index in [-0.39, 0.29) is 11.3 Å². The maximum absolute atomic E-state index is 12.9.